The van der Waals surface area contributed by atoms with E-state index in [1.807, 2.05) is 34.6 Å². The Morgan fingerprint density at radius 3 is 2.16 bits per heavy atom. The first-order chi connectivity index (χ1) is 17.3. The van der Waals surface area contributed by atoms with Crippen molar-refractivity contribution in [3.05, 3.63) is 11.6 Å². The molecule has 0 heterocycles. The van der Waals surface area contributed by atoms with Gasteiger partial charge in [0.15, 0.2) is 0 Å². The summed E-state index contributed by atoms with van der Waals surface area (Å²) in [4.78, 5) is 39.9. The van der Waals surface area contributed by atoms with E-state index in [9.17, 15) is 29.7 Å². The zero-order valence-corrected chi connectivity index (χ0v) is 24.5. The first-order valence-electron chi connectivity index (χ1n) is 14.3. The predicted molar refractivity (Wildman–Crippen MR) is 143 cm³/mol. The van der Waals surface area contributed by atoms with Crippen LogP contribution in [0.5, 0.6) is 0 Å². The number of Topliss-reactive ketones (excluding diaryl/α,β-unsaturated/α-hetero) is 1. The molecule has 0 radical (unpaired) electrons. The van der Waals surface area contributed by atoms with Gasteiger partial charge in [-0.15, -0.1) is 0 Å². The van der Waals surface area contributed by atoms with E-state index in [0.717, 1.165) is 5.57 Å². The molecule has 3 saturated carbocycles. The van der Waals surface area contributed by atoms with E-state index < -0.39 is 56.6 Å². The van der Waals surface area contributed by atoms with Gasteiger partial charge in [-0.3, -0.25) is 14.4 Å². The van der Waals surface area contributed by atoms with E-state index in [0.29, 0.717) is 44.9 Å². The molecule has 4 aliphatic rings. The number of carbonyl (C=O) groups is 3. The number of aliphatic carboxylic acids is 1. The van der Waals surface area contributed by atoms with Gasteiger partial charge in [0.25, 0.3) is 0 Å². The van der Waals surface area contributed by atoms with E-state index in [1.54, 1.807) is 0 Å². The Morgan fingerprint density at radius 2 is 1.58 bits per heavy atom. The number of aliphatic hydroxyl groups excluding tert-OH is 2. The lowest BCUT2D eigenvalue weighted by molar-refractivity contribution is -0.188. The number of hydrogen-bond acceptors (Lipinski definition) is 6. The van der Waals surface area contributed by atoms with E-state index in [4.69, 9.17) is 4.74 Å². The molecule has 0 aliphatic heterocycles. The van der Waals surface area contributed by atoms with Crippen molar-refractivity contribution >= 4 is 17.7 Å². The Hall–Kier alpha value is -1.73. The molecule has 7 heteroatoms. The van der Waals surface area contributed by atoms with Crippen LogP contribution in [0.2, 0.25) is 0 Å². The maximum Gasteiger partial charge on any atom is 0.310 e. The van der Waals surface area contributed by atoms with Crippen molar-refractivity contribution in [3.63, 3.8) is 0 Å². The normalized spacial score (nSPS) is 45.8. The first kappa shape index (κ1) is 29.3. The molecule has 0 aromatic heterocycles. The Morgan fingerprint density at radius 1 is 0.974 bits per heavy atom. The van der Waals surface area contributed by atoms with Gasteiger partial charge in [0.05, 0.1) is 31.2 Å². The van der Waals surface area contributed by atoms with Crippen LogP contribution >= 0.6 is 0 Å². The number of carboxylic acids is 1. The molecule has 38 heavy (non-hydrogen) atoms. The highest BCUT2D eigenvalue weighted by molar-refractivity contribution is 5.91. The first-order valence-corrected chi connectivity index (χ1v) is 14.3. The Balaban J connectivity index is 1.92. The molecule has 0 aromatic rings. The van der Waals surface area contributed by atoms with Crippen molar-refractivity contribution in [2.45, 2.75) is 112 Å². The fourth-order valence-corrected chi connectivity index (χ4v) is 9.30. The van der Waals surface area contributed by atoms with Crippen molar-refractivity contribution in [1.82, 2.24) is 0 Å². The lowest BCUT2D eigenvalue weighted by Gasteiger charge is -2.66. The molecule has 3 fully saturated rings. The van der Waals surface area contributed by atoms with Crippen molar-refractivity contribution in [3.8, 4) is 0 Å². The number of fused-ring (bicyclic) bond motifs is 3. The van der Waals surface area contributed by atoms with E-state index in [2.05, 4.69) is 19.9 Å². The van der Waals surface area contributed by atoms with Crippen molar-refractivity contribution in [2.24, 2.45) is 44.3 Å². The third kappa shape index (κ3) is 3.70. The number of aliphatic hydroxyl groups is 2. The van der Waals surface area contributed by atoms with Crippen LogP contribution in [0.4, 0.5) is 0 Å². The number of ketones is 1. The molecular formula is C31H48O7. The average molecular weight is 533 g/mol. The highest BCUT2D eigenvalue weighted by Gasteiger charge is 2.69. The molecule has 7 nitrogen and oxygen atoms in total. The molecule has 0 bridgehead atoms. The van der Waals surface area contributed by atoms with Gasteiger partial charge in [-0.25, -0.2) is 0 Å². The molecule has 8 atom stereocenters. The van der Waals surface area contributed by atoms with Crippen molar-refractivity contribution < 1.29 is 34.4 Å². The molecule has 214 valence electrons. The summed E-state index contributed by atoms with van der Waals surface area (Å²) >= 11 is 0. The topological polar surface area (TPSA) is 121 Å². The van der Waals surface area contributed by atoms with Gasteiger partial charge < -0.3 is 20.1 Å². The van der Waals surface area contributed by atoms with Crippen LogP contribution in [-0.2, 0) is 19.1 Å². The highest BCUT2D eigenvalue weighted by atomic mass is 16.5. The van der Waals surface area contributed by atoms with Gasteiger partial charge in [0.1, 0.15) is 5.78 Å². The molecule has 4 rings (SSSR count). The van der Waals surface area contributed by atoms with E-state index >= 15 is 0 Å². The quantitative estimate of drug-likeness (QED) is 0.347. The van der Waals surface area contributed by atoms with Gasteiger partial charge in [-0.05, 0) is 67.1 Å². The zero-order valence-electron chi connectivity index (χ0n) is 24.5. The number of rotatable bonds is 4. The van der Waals surface area contributed by atoms with Crippen LogP contribution in [0.3, 0.4) is 0 Å². The summed E-state index contributed by atoms with van der Waals surface area (Å²) in [6.45, 7) is 13.8. The molecule has 0 spiro atoms. The van der Waals surface area contributed by atoms with Crippen LogP contribution in [0, 0.1) is 44.3 Å². The number of allylic oxidation sites excluding steroid dienone is 1. The third-order valence-corrected chi connectivity index (χ3v) is 12.4. The average Bonchev–Trinajstić information content (AvgIpc) is 2.83. The van der Waals surface area contributed by atoms with Gasteiger partial charge >= 0.3 is 11.9 Å². The summed E-state index contributed by atoms with van der Waals surface area (Å²) in [5, 5.41) is 32.9. The fourth-order valence-electron chi connectivity index (χ4n) is 9.30. The summed E-state index contributed by atoms with van der Waals surface area (Å²) in [6, 6.07) is 0. The van der Waals surface area contributed by atoms with Crippen LogP contribution in [0.15, 0.2) is 11.6 Å². The second-order valence-electron chi connectivity index (χ2n) is 14.8. The number of methoxy groups -OCH3 is 1. The van der Waals surface area contributed by atoms with Gasteiger partial charge in [-0.2, -0.15) is 0 Å². The van der Waals surface area contributed by atoms with E-state index in [1.165, 1.54) is 7.11 Å². The highest BCUT2D eigenvalue weighted by Crippen LogP contribution is 2.72. The summed E-state index contributed by atoms with van der Waals surface area (Å²) < 4.78 is 5.19. The van der Waals surface area contributed by atoms with Gasteiger partial charge in [-0.1, -0.05) is 60.1 Å². The predicted octanol–water partition coefficient (Wildman–Crippen LogP) is 4.93. The number of ether oxygens (including phenoxy) is 1. The van der Waals surface area contributed by atoms with Crippen LogP contribution in [-0.4, -0.2) is 52.4 Å². The summed E-state index contributed by atoms with van der Waals surface area (Å²) in [5.41, 5.74) is -3.58. The minimum Gasteiger partial charge on any atom is -0.481 e. The van der Waals surface area contributed by atoms with Crippen LogP contribution < -0.4 is 0 Å². The standard InChI is InChI=1S/C31H48O7/c1-26(2)13-15-31(25(36)37)16-14-29(6)18(22(31)23(26)34)9-10-19(30(29,7)17-21(33)38-8)28(5)12-11-20(32)27(3,4)24(28)35/h9,19-20,22-23,32,34H,10-17H2,1-8H3,(H,36,37)/t19-,20+,22-,23+,28-,29-,30-,31+/m1/s1. The monoisotopic (exact) mass is 532 g/mol. The fraction of sp³-hybridized carbons (Fsp3) is 0.839. The number of carboxylic acid groups (broad SMARTS) is 1. The molecule has 0 saturated heterocycles. The number of esters is 1. The Kier molecular flexibility index (Phi) is 6.84. The maximum atomic E-state index is 14.1. The van der Waals surface area contributed by atoms with Crippen LogP contribution in [0.1, 0.15) is 99.8 Å². The molecule has 0 aromatic carbocycles. The molecule has 3 N–H and O–H groups in total. The van der Waals surface area contributed by atoms with E-state index in [-0.39, 0.29) is 24.1 Å². The van der Waals surface area contributed by atoms with Crippen LogP contribution in [0.25, 0.3) is 0 Å². The summed E-state index contributed by atoms with van der Waals surface area (Å²) in [7, 11) is 1.37. The zero-order chi connectivity index (χ0) is 28.7. The lowest BCUT2D eigenvalue weighted by atomic mass is 9.37. The Bertz CT molecular complexity index is 1060. The number of hydrogen-bond donors (Lipinski definition) is 3. The molecule has 0 amide bonds. The third-order valence-electron chi connectivity index (χ3n) is 12.4. The maximum absolute atomic E-state index is 14.1. The molecule has 0 unspecified atom stereocenters. The number of carbonyl (C=O) groups excluding carboxylic acids is 2. The SMILES string of the molecule is COC(=O)C[C@]1(C)[C@@H]([C@@]2(C)CC[C@H](O)C(C)(C)C2=O)CC=C2[C@@H]3[C@H](O)C(C)(C)CC[C@]3(C(=O)O)CC[C@]21C. The molecule has 4 aliphatic carbocycles. The minimum atomic E-state index is -1.05. The van der Waals surface area contributed by atoms with Crippen molar-refractivity contribution in [1.29, 1.82) is 0 Å². The second-order valence-corrected chi connectivity index (χ2v) is 14.8. The largest absolute Gasteiger partial charge is 0.481 e. The molecular weight excluding hydrogens is 484 g/mol. The summed E-state index contributed by atoms with van der Waals surface area (Å²) in [6.07, 6.45) is 4.29. The second kappa shape index (κ2) is 8.89. The minimum absolute atomic E-state index is 0.0137. The summed E-state index contributed by atoms with van der Waals surface area (Å²) in [5.74, 6) is -1.98. The van der Waals surface area contributed by atoms with Crippen molar-refractivity contribution in [2.75, 3.05) is 7.11 Å². The van der Waals surface area contributed by atoms with Gasteiger partial charge in [0, 0.05) is 16.7 Å². The van der Waals surface area contributed by atoms with Gasteiger partial charge in [0.2, 0.25) is 0 Å². The smallest absolute Gasteiger partial charge is 0.310 e. The Labute approximate surface area is 227 Å². The lowest BCUT2D eigenvalue weighted by Crippen LogP contribution is -2.65.